The van der Waals surface area contributed by atoms with E-state index in [0.717, 1.165) is 37.1 Å². The van der Waals surface area contributed by atoms with Gasteiger partial charge >= 0.3 is 0 Å². The van der Waals surface area contributed by atoms with Crippen molar-refractivity contribution in [2.45, 2.75) is 32.0 Å². The summed E-state index contributed by atoms with van der Waals surface area (Å²) in [5.41, 5.74) is 7.68. The highest BCUT2D eigenvalue weighted by Gasteiger charge is 2.28. The second-order valence-corrected chi connectivity index (χ2v) is 4.52. The second kappa shape index (κ2) is 6.10. The minimum absolute atomic E-state index is 0.509. The van der Waals surface area contributed by atoms with Gasteiger partial charge < -0.3 is 10.5 Å². The molecule has 1 aliphatic carbocycles. The van der Waals surface area contributed by atoms with E-state index in [2.05, 4.69) is 16.0 Å². The molecule has 0 radical (unpaired) electrons. The number of nitrogens with zero attached hydrogens (tertiary/aromatic N) is 2. The molecule has 1 heterocycles. The SMILES string of the molecule is COCCN(Cc1cccc(CN)n1)C1CC1. The van der Waals surface area contributed by atoms with Crippen molar-refractivity contribution >= 4 is 0 Å². The van der Waals surface area contributed by atoms with Gasteiger partial charge in [-0.25, -0.2) is 0 Å². The molecule has 94 valence electrons. The lowest BCUT2D eigenvalue weighted by Crippen LogP contribution is -2.29. The molecule has 1 fully saturated rings. The van der Waals surface area contributed by atoms with Crippen LogP contribution in [0.25, 0.3) is 0 Å². The third-order valence-corrected chi connectivity index (χ3v) is 3.08. The third-order valence-electron chi connectivity index (χ3n) is 3.08. The van der Waals surface area contributed by atoms with E-state index >= 15 is 0 Å². The first-order valence-corrected chi connectivity index (χ1v) is 6.21. The molecule has 2 rings (SSSR count). The van der Waals surface area contributed by atoms with Crippen molar-refractivity contribution in [3.8, 4) is 0 Å². The van der Waals surface area contributed by atoms with Gasteiger partial charge in [-0.3, -0.25) is 9.88 Å². The van der Waals surface area contributed by atoms with Crippen LogP contribution in [0, 0.1) is 0 Å². The highest BCUT2D eigenvalue weighted by molar-refractivity contribution is 5.11. The lowest BCUT2D eigenvalue weighted by atomic mass is 10.2. The van der Waals surface area contributed by atoms with Gasteiger partial charge in [0.25, 0.3) is 0 Å². The van der Waals surface area contributed by atoms with Crippen LogP contribution in [0.5, 0.6) is 0 Å². The van der Waals surface area contributed by atoms with E-state index < -0.39 is 0 Å². The summed E-state index contributed by atoms with van der Waals surface area (Å²) in [6.45, 7) is 3.18. The van der Waals surface area contributed by atoms with Crippen LogP contribution in [0.1, 0.15) is 24.2 Å². The summed E-state index contributed by atoms with van der Waals surface area (Å²) in [4.78, 5) is 6.99. The summed E-state index contributed by atoms with van der Waals surface area (Å²) in [5.74, 6) is 0. The van der Waals surface area contributed by atoms with Crippen molar-refractivity contribution in [1.29, 1.82) is 0 Å². The molecule has 0 aromatic carbocycles. The number of aromatic nitrogens is 1. The van der Waals surface area contributed by atoms with Crippen molar-refractivity contribution in [2.24, 2.45) is 5.73 Å². The molecule has 0 saturated heterocycles. The summed E-state index contributed by atoms with van der Waals surface area (Å²) in [6, 6.07) is 6.81. The van der Waals surface area contributed by atoms with Gasteiger partial charge in [0, 0.05) is 32.8 Å². The fourth-order valence-electron chi connectivity index (χ4n) is 1.98. The predicted molar refractivity (Wildman–Crippen MR) is 67.4 cm³/mol. The van der Waals surface area contributed by atoms with E-state index in [0.29, 0.717) is 6.54 Å². The average Bonchev–Trinajstić information content (AvgIpc) is 3.19. The minimum Gasteiger partial charge on any atom is -0.383 e. The maximum atomic E-state index is 5.61. The largest absolute Gasteiger partial charge is 0.383 e. The van der Waals surface area contributed by atoms with E-state index in [-0.39, 0.29) is 0 Å². The molecule has 17 heavy (non-hydrogen) atoms. The molecule has 2 N–H and O–H groups in total. The van der Waals surface area contributed by atoms with Crippen molar-refractivity contribution in [2.75, 3.05) is 20.3 Å². The summed E-state index contributed by atoms with van der Waals surface area (Å²) >= 11 is 0. The van der Waals surface area contributed by atoms with Crippen molar-refractivity contribution in [1.82, 2.24) is 9.88 Å². The monoisotopic (exact) mass is 235 g/mol. The van der Waals surface area contributed by atoms with Gasteiger partial charge in [-0.15, -0.1) is 0 Å². The number of hydrogen-bond donors (Lipinski definition) is 1. The first-order valence-electron chi connectivity index (χ1n) is 6.21. The molecule has 4 heteroatoms. The summed E-state index contributed by atoms with van der Waals surface area (Å²) in [5, 5.41) is 0. The van der Waals surface area contributed by atoms with Crippen molar-refractivity contribution in [3.63, 3.8) is 0 Å². The Hall–Kier alpha value is -0.970. The van der Waals surface area contributed by atoms with Crippen molar-refractivity contribution in [3.05, 3.63) is 29.6 Å². The van der Waals surface area contributed by atoms with Crippen LogP contribution in [-0.4, -0.2) is 36.2 Å². The normalized spacial score (nSPS) is 15.5. The number of hydrogen-bond acceptors (Lipinski definition) is 4. The first kappa shape index (κ1) is 12.5. The molecular weight excluding hydrogens is 214 g/mol. The molecule has 1 aromatic heterocycles. The summed E-state index contributed by atoms with van der Waals surface area (Å²) in [6.07, 6.45) is 2.61. The van der Waals surface area contributed by atoms with Gasteiger partial charge in [0.2, 0.25) is 0 Å². The Morgan fingerprint density at radius 3 is 2.82 bits per heavy atom. The first-order chi connectivity index (χ1) is 8.33. The molecule has 1 aromatic rings. The number of methoxy groups -OCH3 is 1. The zero-order valence-electron chi connectivity index (χ0n) is 10.4. The van der Waals surface area contributed by atoms with E-state index in [9.17, 15) is 0 Å². The number of ether oxygens (including phenoxy) is 1. The van der Waals surface area contributed by atoms with E-state index in [1.807, 2.05) is 12.1 Å². The average molecular weight is 235 g/mol. The number of pyridine rings is 1. The Balaban J connectivity index is 1.95. The van der Waals surface area contributed by atoms with E-state index in [1.165, 1.54) is 12.8 Å². The fourth-order valence-corrected chi connectivity index (χ4v) is 1.98. The minimum atomic E-state index is 0.509. The van der Waals surface area contributed by atoms with E-state index in [1.54, 1.807) is 7.11 Å². The molecule has 0 amide bonds. The van der Waals surface area contributed by atoms with Crippen LogP contribution in [-0.2, 0) is 17.8 Å². The van der Waals surface area contributed by atoms with Crippen molar-refractivity contribution < 1.29 is 4.74 Å². The van der Waals surface area contributed by atoms with Gasteiger partial charge in [0.05, 0.1) is 18.0 Å². The van der Waals surface area contributed by atoms with Gasteiger partial charge in [-0.05, 0) is 25.0 Å². The van der Waals surface area contributed by atoms with Gasteiger partial charge in [0.1, 0.15) is 0 Å². The molecular formula is C13H21N3O. The highest BCUT2D eigenvalue weighted by atomic mass is 16.5. The maximum absolute atomic E-state index is 5.61. The summed E-state index contributed by atoms with van der Waals surface area (Å²) < 4.78 is 5.15. The lowest BCUT2D eigenvalue weighted by molar-refractivity contribution is 0.139. The van der Waals surface area contributed by atoms with Crippen LogP contribution >= 0.6 is 0 Å². The Morgan fingerprint density at radius 1 is 1.41 bits per heavy atom. The molecule has 4 nitrogen and oxygen atoms in total. The zero-order valence-corrected chi connectivity index (χ0v) is 10.4. The lowest BCUT2D eigenvalue weighted by Gasteiger charge is -2.21. The quantitative estimate of drug-likeness (QED) is 0.770. The second-order valence-electron chi connectivity index (χ2n) is 4.52. The molecule has 1 aliphatic rings. The van der Waals surface area contributed by atoms with Gasteiger partial charge in [0.15, 0.2) is 0 Å². The van der Waals surface area contributed by atoms with Crippen LogP contribution in [0.2, 0.25) is 0 Å². The molecule has 0 aliphatic heterocycles. The molecule has 1 saturated carbocycles. The molecule has 0 bridgehead atoms. The number of nitrogens with two attached hydrogens (primary N) is 1. The molecule has 0 spiro atoms. The molecule has 0 unspecified atom stereocenters. The number of rotatable bonds is 7. The van der Waals surface area contributed by atoms with Crippen LogP contribution in [0.3, 0.4) is 0 Å². The topological polar surface area (TPSA) is 51.4 Å². The maximum Gasteiger partial charge on any atom is 0.0589 e. The molecule has 0 atom stereocenters. The zero-order chi connectivity index (χ0) is 12.1. The van der Waals surface area contributed by atoms with Crippen LogP contribution in [0.4, 0.5) is 0 Å². The van der Waals surface area contributed by atoms with Crippen LogP contribution < -0.4 is 5.73 Å². The van der Waals surface area contributed by atoms with Crippen LogP contribution in [0.15, 0.2) is 18.2 Å². The predicted octanol–water partition coefficient (Wildman–Crippen LogP) is 1.15. The van der Waals surface area contributed by atoms with E-state index in [4.69, 9.17) is 10.5 Å². The van der Waals surface area contributed by atoms with Gasteiger partial charge in [-0.1, -0.05) is 6.07 Å². The fraction of sp³-hybridized carbons (Fsp3) is 0.615. The Bertz CT molecular complexity index is 352. The third kappa shape index (κ3) is 3.77. The van der Waals surface area contributed by atoms with Gasteiger partial charge in [-0.2, -0.15) is 0 Å². The standard InChI is InChI=1S/C13H21N3O/c1-17-8-7-16(13-5-6-13)10-12-4-2-3-11(9-14)15-12/h2-4,13H,5-10,14H2,1H3. The smallest absolute Gasteiger partial charge is 0.0589 e. The Morgan fingerprint density at radius 2 is 2.18 bits per heavy atom. The Labute approximate surface area is 103 Å². The highest BCUT2D eigenvalue weighted by Crippen LogP contribution is 2.27. The summed E-state index contributed by atoms with van der Waals surface area (Å²) in [7, 11) is 1.75. The Kier molecular flexibility index (Phi) is 4.48.